The Balaban J connectivity index is 1.85. The third-order valence-electron chi connectivity index (χ3n) is 6.46. The molecule has 4 rings (SSSR count). The van der Waals surface area contributed by atoms with E-state index < -0.39 is 43.6 Å². The minimum absolute atomic E-state index is 0.0878. The zero-order valence-electron chi connectivity index (χ0n) is 21.1. The summed E-state index contributed by atoms with van der Waals surface area (Å²) in [7, 11) is -7.53. The number of halogens is 1. The molecule has 12 heteroatoms. The number of aliphatic hydroxyl groups excluding tert-OH is 1. The number of carbonyl (C=O) groups is 1. The molecule has 37 heavy (non-hydrogen) atoms. The standard InChI is InChI=1S/C25H30FN3O6S2/c1-24(2,3)10-11-25(4)17-8-6-14(26)12-16(17)21(30)20(22(25)31)23-27-18-9-7-15(28-36(5,32)33)13-19(18)37(34,35)29-23/h6-9,12-13,28,30,34-35H,10-11H2,1-5H3,(H,27,29)/t25-/m1/s1. The number of ketones is 1. The first kappa shape index (κ1) is 27.1. The van der Waals surface area contributed by atoms with Gasteiger partial charge in [0.05, 0.1) is 23.0 Å². The molecule has 2 aromatic rings. The van der Waals surface area contributed by atoms with E-state index in [0.29, 0.717) is 18.4 Å². The summed E-state index contributed by atoms with van der Waals surface area (Å²) >= 11 is 0. The number of benzene rings is 2. The lowest BCUT2D eigenvalue weighted by atomic mass is 9.65. The van der Waals surface area contributed by atoms with Crippen molar-refractivity contribution in [3.63, 3.8) is 0 Å². The fourth-order valence-corrected chi connectivity index (χ4v) is 6.24. The highest BCUT2D eigenvalue weighted by atomic mass is 32.3. The van der Waals surface area contributed by atoms with E-state index in [4.69, 9.17) is 0 Å². The zero-order chi connectivity index (χ0) is 27.6. The second-order valence-electron chi connectivity index (χ2n) is 10.8. The molecule has 0 bridgehead atoms. The van der Waals surface area contributed by atoms with Crippen LogP contribution < -0.4 is 10.0 Å². The Morgan fingerprint density at radius 1 is 1.16 bits per heavy atom. The Kier molecular flexibility index (Phi) is 6.47. The summed E-state index contributed by atoms with van der Waals surface area (Å²) in [5.41, 5.74) is -0.669. The van der Waals surface area contributed by atoms with Crippen molar-refractivity contribution in [2.75, 3.05) is 16.3 Å². The van der Waals surface area contributed by atoms with Crippen molar-refractivity contribution in [1.29, 1.82) is 0 Å². The number of carbonyl (C=O) groups excluding carboxylic acids is 1. The quantitative estimate of drug-likeness (QED) is 0.321. The van der Waals surface area contributed by atoms with Crippen molar-refractivity contribution >= 4 is 49.6 Å². The summed E-state index contributed by atoms with van der Waals surface area (Å²) in [6.45, 7) is 7.84. The maximum absolute atomic E-state index is 14.2. The molecule has 1 aliphatic heterocycles. The van der Waals surface area contributed by atoms with E-state index in [2.05, 4.69) is 14.4 Å². The fraction of sp³-hybridized carbons (Fsp3) is 0.360. The maximum atomic E-state index is 14.2. The van der Waals surface area contributed by atoms with Crippen LogP contribution in [0.1, 0.15) is 51.7 Å². The van der Waals surface area contributed by atoms with Gasteiger partial charge in [0.1, 0.15) is 22.0 Å². The number of sulfonamides is 1. The highest BCUT2D eigenvalue weighted by molar-refractivity contribution is 8.23. The van der Waals surface area contributed by atoms with Gasteiger partial charge >= 0.3 is 0 Å². The number of Topliss-reactive ketones (excluding diaryl/α,β-unsaturated/α-hetero) is 1. The zero-order valence-corrected chi connectivity index (χ0v) is 22.7. The van der Waals surface area contributed by atoms with Crippen LogP contribution in [-0.2, 0) is 20.2 Å². The Bertz CT molecular complexity index is 1480. The first-order chi connectivity index (χ1) is 16.9. The predicted molar refractivity (Wildman–Crippen MR) is 144 cm³/mol. The van der Waals surface area contributed by atoms with Gasteiger partial charge in [-0.2, -0.15) is 0 Å². The first-order valence-electron chi connectivity index (χ1n) is 11.5. The number of aliphatic hydroxyl groups is 1. The van der Waals surface area contributed by atoms with Crippen LogP contribution in [0, 0.1) is 11.2 Å². The van der Waals surface area contributed by atoms with Crippen LogP contribution in [0.4, 0.5) is 15.8 Å². The number of rotatable bonds is 5. The topological polar surface area (TPSA) is 148 Å². The monoisotopic (exact) mass is 551 g/mol. The van der Waals surface area contributed by atoms with Crippen LogP contribution in [0.15, 0.2) is 51.3 Å². The van der Waals surface area contributed by atoms with Crippen molar-refractivity contribution in [3.8, 4) is 0 Å². The van der Waals surface area contributed by atoms with Crippen molar-refractivity contribution in [1.82, 2.24) is 0 Å². The molecule has 1 aliphatic carbocycles. The molecule has 200 valence electrons. The third-order valence-corrected chi connectivity index (χ3v) is 8.43. The molecule has 0 radical (unpaired) electrons. The molecule has 2 aromatic carbocycles. The number of hydrogen-bond donors (Lipinski definition) is 5. The van der Waals surface area contributed by atoms with Gasteiger partial charge in [0.2, 0.25) is 10.0 Å². The van der Waals surface area contributed by atoms with E-state index >= 15 is 0 Å². The van der Waals surface area contributed by atoms with E-state index in [-0.39, 0.29) is 38.7 Å². The molecular formula is C25H30FN3O6S2. The molecule has 0 aromatic heterocycles. The predicted octanol–water partition coefficient (Wildman–Crippen LogP) is 5.68. The second kappa shape index (κ2) is 8.83. The lowest BCUT2D eigenvalue weighted by Crippen LogP contribution is -2.42. The first-order valence-corrected chi connectivity index (χ1v) is 14.9. The van der Waals surface area contributed by atoms with Crippen LogP contribution in [0.5, 0.6) is 0 Å². The molecule has 0 fully saturated rings. The lowest BCUT2D eigenvalue weighted by molar-refractivity contribution is -0.120. The average molecular weight is 552 g/mol. The van der Waals surface area contributed by atoms with Crippen LogP contribution in [0.25, 0.3) is 5.76 Å². The molecule has 1 atom stereocenters. The molecule has 5 N–H and O–H groups in total. The molecule has 0 unspecified atom stereocenters. The minimum Gasteiger partial charge on any atom is -0.506 e. The Morgan fingerprint density at radius 3 is 2.46 bits per heavy atom. The van der Waals surface area contributed by atoms with Gasteiger partial charge in [0.25, 0.3) is 0 Å². The van der Waals surface area contributed by atoms with Gasteiger partial charge < -0.3 is 10.4 Å². The summed E-state index contributed by atoms with van der Waals surface area (Å²) < 4.78 is 65.4. The number of anilines is 2. The highest BCUT2D eigenvalue weighted by Gasteiger charge is 2.47. The second-order valence-corrected chi connectivity index (χ2v) is 14.2. The molecule has 0 amide bonds. The molecular weight excluding hydrogens is 521 g/mol. The molecule has 0 saturated carbocycles. The maximum Gasteiger partial charge on any atom is 0.229 e. The number of nitrogens with zero attached hydrogens (tertiary/aromatic N) is 1. The number of fused-ring (bicyclic) bond motifs is 2. The van der Waals surface area contributed by atoms with E-state index in [9.17, 15) is 31.8 Å². The SMILES string of the molecule is CC(C)(C)CC[C@@]1(C)C(=O)C(C2=NS(O)(O)c3cc(NS(C)(=O)=O)ccc3N2)=C(O)c2cc(F)ccc21. The number of nitrogens with one attached hydrogen (secondary N) is 2. The average Bonchev–Trinajstić information content (AvgIpc) is 2.75. The molecule has 2 aliphatic rings. The van der Waals surface area contributed by atoms with E-state index in [1.165, 1.54) is 30.3 Å². The van der Waals surface area contributed by atoms with Gasteiger partial charge in [-0.1, -0.05) is 37.6 Å². The summed E-state index contributed by atoms with van der Waals surface area (Å²) in [6, 6.07) is 7.92. The van der Waals surface area contributed by atoms with Gasteiger partial charge in [-0.15, -0.1) is 4.40 Å². The third kappa shape index (κ3) is 5.24. The van der Waals surface area contributed by atoms with Crippen molar-refractivity contribution in [3.05, 3.63) is 58.9 Å². The largest absolute Gasteiger partial charge is 0.506 e. The summed E-state index contributed by atoms with van der Waals surface area (Å²) in [4.78, 5) is 13.9. The van der Waals surface area contributed by atoms with Crippen LogP contribution in [-0.4, -0.2) is 40.5 Å². The van der Waals surface area contributed by atoms with E-state index in [0.717, 1.165) is 12.3 Å². The molecule has 1 heterocycles. The van der Waals surface area contributed by atoms with Crippen LogP contribution >= 0.6 is 10.8 Å². The molecule has 0 spiro atoms. The van der Waals surface area contributed by atoms with Gasteiger partial charge in [0, 0.05) is 5.56 Å². The van der Waals surface area contributed by atoms with E-state index in [1.54, 1.807) is 6.92 Å². The van der Waals surface area contributed by atoms with Gasteiger partial charge in [-0.3, -0.25) is 18.6 Å². The summed E-state index contributed by atoms with van der Waals surface area (Å²) in [5.74, 6) is -1.88. The summed E-state index contributed by atoms with van der Waals surface area (Å²) in [6.07, 6.45) is 2.00. The highest BCUT2D eigenvalue weighted by Crippen LogP contribution is 2.57. The van der Waals surface area contributed by atoms with E-state index in [1.807, 2.05) is 20.8 Å². The number of amidine groups is 1. The van der Waals surface area contributed by atoms with Crippen LogP contribution in [0.2, 0.25) is 0 Å². The summed E-state index contributed by atoms with van der Waals surface area (Å²) in [5, 5.41) is 14.0. The Labute approximate surface area is 217 Å². The smallest absolute Gasteiger partial charge is 0.229 e. The molecule has 0 saturated heterocycles. The Morgan fingerprint density at radius 2 is 1.84 bits per heavy atom. The van der Waals surface area contributed by atoms with Crippen molar-refractivity contribution < 1.29 is 31.8 Å². The Hall–Kier alpha value is -2.93. The van der Waals surface area contributed by atoms with Crippen LogP contribution in [0.3, 0.4) is 0 Å². The van der Waals surface area contributed by atoms with Crippen molar-refractivity contribution in [2.45, 2.75) is 50.8 Å². The fourth-order valence-electron chi connectivity index (χ4n) is 4.49. The minimum atomic E-state index is -3.90. The number of hydrogen-bond acceptors (Lipinski definition) is 8. The lowest BCUT2D eigenvalue weighted by Gasteiger charge is -2.39. The van der Waals surface area contributed by atoms with Gasteiger partial charge in [-0.05, 0) is 61.1 Å². The molecule has 9 nitrogen and oxygen atoms in total. The van der Waals surface area contributed by atoms with Gasteiger partial charge in [0.15, 0.2) is 11.6 Å². The van der Waals surface area contributed by atoms with Gasteiger partial charge in [-0.25, -0.2) is 12.8 Å². The normalized spacial score (nSPS) is 21.9. The van der Waals surface area contributed by atoms with Crippen molar-refractivity contribution in [2.24, 2.45) is 9.81 Å².